The van der Waals surface area contributed by atoms with Gasteiger partial charge < -0.3 is 14.2 Å². The smallest absolute Gasteiger partial charge is 0.306 e. The van der Waals surface area contributed by atoms with E-state index in [1.54, 1.807) is 19.2 Å². The fourth-order valence-corrected chi connectivity index (χ4v) is 1.71. The summed E-state index contributed by atoms with van der Waals surface area (Å²) in [6, 6.07) is 6.91. The van der Waals surface area contributed by atoms with Crippen LogP contribution in [-0.4, -0.2) is 34.9 Å². The van der Waals surface area contributed by atoms with Crippen LogP contribution in [0.1, 0.15) is 5.56 Å². The van der Waals surface area contributed by atoms with Gasteiger partial charge in [-0.05, 0) is 17.7 Å². The van der Waals surface area contributed by atoms with E-state index in [9.17, 15) is 8.42 Å². The lowest BCUT2D eigenvalue weighted by molar-refractivity contribution is 0.199. The van der Waals surface area contributed by atoms with Crippen LogP contribution in [0.5, 0.6) is 5.75 Å². The van der Waals surface area contributed by atoms with Crippen molar-refractivity contribution >= 4 is 10.1 Å². The quantitative estimate of drug-likeness (QED) is 0.578. The second kappa shape index (κ2) is 6.58. The minimum absolute atomic E-state index is 0.327. The highest BCUT2D eigenvalue weighted by Gasteiger charge is 2.03. The van der Waals surface area contributed by atoms with Gasteiger partial charge in [0.25, 0.3) is 0 Å². The van der Waals surface area contributed by atoms with Crippen LogP contribution in [0.15, 0.2) is 24.3 Å². The molecule has 0 aliphatic carbocycles. The lowest BCUT2D eigenvalue weighted by Crippen LogP contribution is -2.18. The molecule has 0 aliphatic heterocycles. The van der Waals surface area contributed by atoms with Gasteiger partial charge in [-0.3, -0.25) is 0 Å². The van der Waals surface area contributed by atoms with Gasteiger partial charge in [-0.15, -0.1) is 0 Å². The Morgan fingerprint density at radius 2 is 1.88 bits per heavy atom. The third-order valence-electron chi connectivity index (χ3n) is 1.98. The largest absolute Gasteiger partial charge is 0.383 e. The van der Waals surface area contributed by atoms with E-state index in [4.69, 9.17) is 8.92 Å². The van der Waals surface area contributed by atoms with Crippen molar-refractivity contribution in [3.05, 3.63) is 29.8 Å². The molecule has 0 saturated heterocycles. The molecule has 0 saturated carbocycles. The maximum Gasteiger partial charge on any atom is 0.306 e. The lowest BCUT2D eigenvalue weighted by Gasteiger charge is -2.06. The zero-order valence-electron chi connectivity index (χ0n) is 9.97. The molecule has 0 radical (unpaired) electrons. The molecule has 1 N–H and O–H groups in total. The number of ether oxygens (including phenoxy) is 1. The Bertz CT molecular complexity index is 427. The third-order valence-corrected chi connectivity index (χ3v) is 2.48. The SMILES string of the molecule is COCCNCc1ccc(OS(C)(=O)=O)cc1. The summed E-state index contributed by atoms with van der Waals surface area (Å²) in [4.78, 5) is 0. The van der Waals surface area contributed by atoms with Gasteiger partial charge in [0.1, 0.15) is 5.75 Å². The molecule has 0 bridgehead atoms. The van der Waals surface area contributed by atoms with E-state index in [0.29, 0.717) is 18.9 Å². The van der Waals surface area contributed by atoms with Crippen molar-refractivity contribution in [2.45, 2.75) is 6.54 Å². The number of hydrogen-bond acceptors (Lipinski definition) is 5. The molecule has 0 fully saturated rings. The van der Waals surface area contributed by atoms with E-state index < -0.39 is 10.1 Å². The Morgan fingerprint density at radius 1 is 1.24 bits per heavy atom. The van der Waals surface area contributed by atoms with Gasteiger partial charge in [0.15, 0.2) is 0 Å². The standard InChI is InChI=1S/C11H17NO4S/c1-15-8-7-12-9-10-3-5-11(6-4-10)16-17(2,13)14/h3-6,12H,7-9H2,1-2H3. The summed E-state index contributed by atoms with van der Waals surface area (Å²) in [5.74, 6) is 0.327. The molecule has 1 aromatic carbocycles. The van der Waals surface area contributed by atoms with Crippen molar-refractivity contribution in [3.8, 4) is 5.75 Å². The van der Waals surface area contributed by atoms with Gasteiger partial charge in [-0.1, -0.05) is 12.1 Å². The topological polar surface area (TPSA) is 64.6 Å². The lowest BCUT2D eigenvalue weighted by atomic mass is 10.2. The van der Waals surface area contributed by atoms with Crippen LogP contribution in [0.25, 0.3) is 0 Å². The predicted molar refractivity (Wildman–Crippen MR) is 65.5 cm³/mol. The monoisotopic (exact) mass is 259 g/mol. The number of hydrogen-bond donors (Lipinski definition) is 1. The van der Waals surface area contributed by atoms with Crippen LogP contribution < -0.4 is 9.50 Å². The number of rotatable bonds is 7. The highest BCUT2D eigenvalue weighted by Crippen LogP contribution is 2.13. The number of nitrogens with one attached hydrogen (secondary N) is 1. The zero-order chi connectivity index (χ0) is 12.7. The van der Waals surface area contributed by atoms with Gasteiger partial charge in [-0.2, -0.15) is 8.42 Å². The van der Waals surface area contributed by atoms with Crippen molar-refractivity contribution in [1.82, 2.24) is 5.32 Å². The van der Waals surface area contributed by atoms with Crippen molar-refractivity contribution < 1.29 is 17.3 Å². The molecule has 17 heavy (non-hydrogen) atoms. The van der Waals surface area contributed by atoms with Gasteiger partial charge in [-0.25, -0.2) is 0 Å². The zero-order valence-corrected chi connectivity index (χ0v) is 10.8. The van der Waals surface area contributed by atoms with E-state index in [1.807, 2.05) is 12.1 Å². The Labute approximate surface area is 102 Å². The van der Waals surface area contributed by atoms with Crippen LogP contribution >= 0.6 is 0 Å². The molecular formula is C11H17NO4S. The molecule has 0 aliphatic rings. The Morgan fingerprint density at radius 3 is 2.41 bits per heavy atom. The predicted octanol–water partition coefficient (Wildman–Crippen LogP) is 0.761. The van der Waals surface area contributed by atoms with E-state index in [0.717, 1.165) is 18.4 Å². The van der Waals surface area contributed by atoms with Crippen molar-refractivity contribution in [1.29, 1.82) is 0 Å². The molecule has 0 aromatic heterocycles. The van der Waals surface area contributed by atoms with Gasteiger partial charge in [0, 0.05) is 20.2 Å². The second-order valence-electron chi connectivity index (χ2n) is 3.60. The Hall–Kier alpha value is -1.11. The summed E-state index contributed by atoms with van der Waals surface area (Å²) in [5, 5.41) is 3.19. The first-order valence-corrected chi connectivity index (χ1v) is 7.01. The van der Waals surface area contributed by atoms with Gasteiger partial charge >= 0.3 is 10.1 Å². The fraction of sp³-hybridized carbons (Fsp3) is 0.455. The molecular weight excluding hydrogens is 242 g/mol. The Balaban J connectivity index is 2.45. The first-order valence-electron chi connectivity index (χ1n) is 5.19. The normalized spacial score (nSPS) is 11.4. The molecule has 5 nitrogen and oxygen atoms in total. The molecule has 1 aromatic rings. The molecule has 0 spiro atoms. The maximum absolute atomic E-state index is 10.9. The maximum atomic E-state index is 10.9. The minimum Gasteiger partial charge on any atom is -0.383 e. The summed E-state index contributed by atoms with van der Waals surface area (Å²) in [6.45, 7) is 2.15. The van der Waals surface area contributed by atoms with E-state index in [2.05, 4.69) is 5.32 Å². The molecule has 1 rings (SSSR count). The van der Waals surface area contributed by atoms with Crippen LogP contribution in [0.2, 0.25) is 0 Å². The number of benzene rings is 1. The first-order chi connectivity index (χ1) is 8.01. The van der Waals surface area contributed by atoms with Gasteiger partial charge in [0.2, 0.25) is 0 Å². The molecule has 96 valence electrons. The van der Waals surface area contributed by atoms with Crippen LogP contribution in [0, 0.1) is 0 Å². The number of methoxy groups -OCH3 is 1. The van der Waals surface area contributed by atoms with Crippen molar-refractivity contribution in [2.24, 2.45) is 0 Å². The van der Waals surface area contributed by atoms with E-state index in [1.165, 1.54) is 0 Å². The molecule has 6 heteroatoms. The molecule has 0 heterocycles. The summed E-state index contributed by atoms with van der Waals surface area (Å²) in [5.41, 5.74) is 1.06. The minimum atomic E-state index is -3.45. The average Bonchev–Trinajstić information content (AvgIpc) is 2.25. The average molecular weight is 259 g/mol. The fourth-order valence-electron chi connectivity index (χ4n) is 1.24. The van der Waals surface area contributed by atoms with E-state index in [-0.39, 0.29) is 0 Å². The highest BCUT2D eigenvalue weighted by molar-refractivity contribution is 7.86. The van der Waals surface area contributed by atoms with Crippen LogP contribution in [0.4, 0.5) is 0 Å². The second-order valence-corrected chi connectivity index (χ2v) is 5.18. The van der Waals surface area contributed by atoms with Crippen LogP contribution in [0.3, 0.4) is 0 Å². The van der Waals surface area contributed by atoms with Crippen molar-refractivity contribution in [3.63, 3.8) is 0 Å². The summed E-state index contributed by atoms with van der Waals surface area (Å²) in [7, 11) is -1.79. The first kappa shape index (κ1) is 14.0. The summed E-state index contributed by atoms with van der Waals surface area (Å²) < 4.78 is 31.4. The molecule has 0 unspecified atom stereocenters. The van der Waals surface area contributed by atoms with Crippen molar-refractivity contribution in [2.75, 3.05) is 26.5 Å². The highest BCUT2D eigenvalue weighted by atomic mass is 32.2. The van der Waals surface area contributed by atoms with E-state index >= 15 is 0 Å². The third kappa shape index (κ3) is 6.25. The summed E-state index contributed by atoms with van der Waals surface area (Å²) >= 11 is 0. The van der Waals surface area contributed by atoms with Gasteiger partial charge in [0.05, 0.1) is 12.9 Å². The Kier molecular flexibility index (Phi) is 5.40. The summed E-state index contributed by atoms with van der Waals surface area (Å²) in [6.07, 6.45) is 1.02. The van der Waals surface area contributed by atoms with Crippen LogP contribution in [-0.2, 0) is 21.4 Å². The molecule has 0 amide bonds. The molecule has 0 atom stereocenters.